The molecule has 0 spiro atoms. The molecule has 0 unspecified atom stereocenters. The van der Waals surface area contributed by atoms with Crippen LogP contribution in [0.2, 0.25) is 5.02 Å². The first kappa shape index (κ1) is 25.4. The van der Waals surface area contributed by atoms with Gasteiger partial charge in [-0.1, -0.05) is 29.8 Å². The minimum absolute atomic E-state index is 0.0132. The van der Waals surface area contributed by atoms with Gasteiger partial charge in [0.2, 0.25) is 0 Å². The fraction of sp³-hybridized carbons (Fsp3) is 0.0870. The van der Waals surface area contributed by atoms with Crippen molar-refractivity contribution in [2.24, 2.45) is 0 Å². The number of amides is 3. The van der Waals surface area contributed by atoms with Crippen molar-refractivity contribution < 1.29 is 37.4 Å². The zero-order valence-electron chi connectivity index (χ0n) is 17.9. The van der Waals surface area contributed by atoms with Crippen molar-refractivity contribution in [1.29, 1.82) is 0 Å². The van der Waals surface area contributed by atoms with Crippen molar-refractivity contribution in [1.82, 2.24) is 0 Å². The number of nitrogens with one attached hydrogen (secondary N) is 3. The Labute approximate surface area is 201 Å². The van der Waals surface area contributed by atoms with Gasteiger partial charge in [0.25, 0.3) is 0 Å². The van der Waals surface area contributed by atoms with Crippen LogP contribution < -0.4 is 16.0 Å². The van der Waals surface area contributed by atoms with Crippen LogP contribution in [0.3, 0.4) is 0 Å². The molecule has 0 saturated carbocycles. The average molecular weight is 508 g/mol. The lowest BCUT2D eigenvalue weighted by molar-refractivity contribution is -0.137. The predicted molar refractivity (Wildman–Crippen MR) is 124 cm³/mol. The number of hydrogen-bond donors (Lipinski definition) is 4. The van der Waals surface area contributed by atoms with Crippen LogP contribution in [-0.4, -0.2) is 30.3 Å². The normalized spacial score (nSPS) is 10.9. The predicted octanol–water partition coefficient (Wildman–Crippen LogP) is 6.55. The quantitative estimate of drug-likeness (QED) is 0.292. The van der Waals surface area contributed by atoms with E-state index in [9.17, 15) is 32.7 Å². The molecule has 182 valence electrons. The molecule has 0 radical (unpaired) electrons. The van der Waals surface area contributed by atoms with Crippen molar-refractivity contribution in [3.05, 3.63) is 76.8 Å². The second kappa shape index (κ2) is 10.3. The summed E-state index contributed by atoms with van der Waals surface area (Å²) in [5, 5.41) is 15.5. The summed E-state index contributed by atoms with van der Waals surface area (Å²) >= 11 is 5.58. The lowest BCUT2D eigenvalue weighted by Gasteiger charge is -2.15. The zero-order chi connectivity index (χ0) is 25.8. The monoisotopic (exact) mass is 507 g/mol. The minimum Gasteiger partial charge on any atom is -0.465 e. The molecule has 0 fully saturated rings. The highest BCUT2D eigenvalue weighted by Gasteiger charge is 2.33. The molecule has 35 heavy (non-hydrogen) atoms. The second-order valence-electron chi connectivity index (χ2n) is 7.03. The van der Waals surface area contributed by atoms with Gasteiger partial charge in [0.05, 0.1) is 34.6 Å². The van der Waals surface area contributed by atoms with E-state index in [2.05, 4.69) is 16.0 Å². The topological polar surface area (TPSA) is 117 Å². The van der Waals surface area contributed by atoms with Gasteiger partial charge in [-0.05, 0) is 53.6 Å². The van der Waals surface area contributed by atoms with Crippen molar-refractivity contribution in [2.45, 2.75) is 6.18 Å². The van der Waals surface area contributed by atoms with Crippen LogP contribution in [-0.2, 0) is 10.9 Å². The molecule has 3 amide bonds. The third-order valence-electron chi connectivity index (χ3n) is 4.66. The highest BCUT2D eigenvalue weighted by molar-refractivity contribution is 6.31. The first-order valence-corrected chi connectivity index (χ1v) is 10.1. The molecule has 3 rings (SSSR count). The first-order valence-electron chi connectivity index (χ1n) is 9.75. The molecule has 3 aromatic carbocycles. The Hall–Kier alpha value is -4.25. The standard InChI is InChI=1S/C23H17ClF3N3O5/c1-35-20(31)14-4-2-3-12(9-14)13-5-8-18(19(10-13)30-22(33)34)29-21(32)28-15-6-7-17(24)16(11-15)23(25,26)27/h2-11,30H,1H3,(H,33,34)(H2,28,29,32). The molecule has 12 heteroatoms. The number of carbonyl (C=O) groups excluding carboxylic acids is 2. The molecule has 3 aromatic rings. The number of benzene rings is 3. The molecule has 0 aliphatic rings. The fourth-order valence-corrected chi connectivity index (χ4v) is 3.32. The second-order valence-corrected chi connectivity index (χ2v) is 7.44. The summed E-state index contributed by atoms with van der Waals surface area (Å²) in [4.78, 5) is 35.5. The van der Waals surface area contributed by atoms with Crippen LogP contribution in [0.5, 0.6) is 0 Å². The number of methoxy groups -OCH3 is 1. The highest BCUT2D eigenvalue weighted by Crippen LogP contribution is 2.36. The van der Waals surface area contributed by atoms with Crippen molar-refractivity contribution in [3.63, 3.8) is 0 Å². The van der Waals surface area contributed by atoms with Gasteiger partial charge in [-0.3, -0.25) is 5.32 Å². The number of urea groups is 1. The fourth-order valence-electron chi connectivity index (χ4n) is 3.10. The van der Waals surface area contributed by atoms with Gasteiger partial charge in [-0.2, -0.15) is 13.2 Å². The molecular formula is C23H17ClF3N3O5. The number of ether oxygens (including phenoxy) is 1. The van der Waals surface area contributed by atoms with Gasteiger partial charge < -0.3 is 20.5 Å². The highest BCUT2D eigenvalue weighted by atomic mass is 35.5. The number of hydrogen-bond acceptors (Lipinski definition) is 4. The van der Waals surface area contributed by atoms with Gasteiger partial charge in [0.1, 0.15) is 0 Å². The Bertz CT molecular complexity index is 1300. The van der Waals surface area contributed by atoms with Gasteiger partial charge in [0.15, 0.2) is 0 Å². The van der Waals surface area contributed by atoms with E-state index < -0.39 is 34.9 Å². The largest absolute Gasteiger partial charge is 0.465 e. The molecule has 0 saturated heterocycles. The summed E-state index contributed by atoms with van der Waals surface area (Å²) in [6.45, 7) is 0. The summed E-state index contributed by atoms with van der Waals surface area (Å²) in [5.41, 5.74) is 0.0760. The smallest absolute Gasteiger partial charge is 0.417 e. The van der Waals surface area contributed by atoms with E-state index in [1.807, 2.05) is 0 Å². The maximum absolute atomic E-state index is 13.1. The Balaban J connectivity index is 1.86. The molecule has 0 aliphatic heterocycles. The van der Waals surface area contributed by atoms with E-state index in [0.29, 0.717) is 17.2 Å². The third kappa shape index (κ3) is 6.42. The molecule has 0 heterocycles. The summed E-state index contributed by atoms with van der Waals surface area (Å²) in [6.07, 6.45) is -6.13. The first-order chi connectivity index (χ1) is 16.5. The zero-order valence-corrected chi connectivity index (χ0v) is 18.6. The lowest BCUT2D eigenvalue weighted by Crippen LogP contribution is -2.21. The van der Waals surface area contributed by atoms with E-state index in [0.717, 1.165) is 6.07 Å². The van der Waals surface area contributed by atoms with Crippen molar-refractivity contribution in [3.8, 4) is 11.1 Å². The maximum Gasteiger partial charge on any atom is 0.417 e. The van der Waals surface area contributed by atoms with Gasteiger partial charge in [-0.25, -0.2) is 14.4 Å². The number of carboxylic acid groups (broad SMARTS) is 1. The Kier molecular flexibility index (Phi) is 7.50. The number of anilines is 3. The summed E-state index contributed by atoms with van der Waals surface area (Å²) < 4.78 is 43.9. The Morgan fingerprint density at radius 3 is 2.26 bits per heavy atom. The van der Waals surface area contributed by atoms with Crippen LogP contribution in [0.1, 0.15) is 15.9 Å². The number of halogens is 4. The van der Waals surface area contributed by atoms with E-state index >= 15 is 0 Å². The van der Waals surface area contributed by atoms with Crippen LogP contribution in [0, 0.1) is 0 Å². The maximum atomic E-state index is 13.1. The van der Waals surface area contributed by atoms with Gasteiger partial charge in [0, 0.05) is 5.69 Å². The third-order valence-corrected chi connectivity index (χ3v) is 4.99. The van der Waals surface area contributed by atoms with Crippen molar-refractivity contribution in [2.75, 3.05) is 23.1 Å². The molecular weight excluding hydrogens is 491 g/mol. The molecule has 8 nitrogen and oxygen atoms in total. The molecule has 4 N–H and O–H groups in total. The summed E-state index contributed by atoms with van der Waals surface area (Å²) in [6, 6.07) is 12.7. The van der Waals surface area contributed by atoms with Crippen molar-refractivity contribution >= 4 is 46.8 Å². The number of carbonyl (C=O) groups is 3. The molecule has 0 atom stereocenters. The van der Waals surface area contributed by atoms with Crippen LogP contribution in [0.25, 0.3) is 11.1 Å². The molecule has 0 bridgehead atoms. The molecule has 0 aliphatic carbocycles. The average Bonchev–Trinajstić information content (AvgIpc) is 2.80. The Morgan fingerprint density at radius 1 is 0.886 bits per heavy atom. The van der Waals surface area contributed by atoms with Crippen LogP contribution in [0.15, 0.2) is 60.7 Å². The Morgan fingerprint density at radius 2 is 1.60 bits per heavy atom. The number of esters is 1. The van der Waals surface area contributed by atoms with E-state index in [-0.39, 0.29) is 22.6 Å². The van der Waals surface area contributed by atoms with Gasteiger partial charge >= 0.3 is 24.3 Å². The minimum atomic E-state index is -4.72. The van der Waals surface area contributed by atoms with E-state index in [4.69, 9.17) is 16.3 Å². The summed E-state index contributed by atoms with van der Waals surface area (Å²) in [5.74, 6) is -0.554. The molecule has 0 aromatic heterocycles. The summed E-state index contributed by atoms with van der Waals surface area (Å²) in [7, 11) is 1.24. The number of alkyl halides is 3. The number of rotatable bonds is 5. The SMILES string of the molecule is COC(=O)c1cccc(-c2ccc(NC(=O)Nc3ccc(Cl)c(C(F)(F)F)c3)c(NC(=O)O)c2)c1. The van der Waals surface area contributed by atoms with Gasteiger partial charge in [-0.15, -0.1) is 0 Å². The van der Waals surface area contributed by atoms with E-state index in [1.165, 1.54) is 25.3 Å². The van der Waals surface area contributed by atoms with Crippen LogP contribution in [0.4, 0.5) is 39.8 Å². The van der Waals surface area contributed by atoms with Crippen LogP contribution >= 0.6 is 11.6 Å². The lowest BCUT2D eigenvalue weighted by atomic mass is 10.0. The van der Waals surface area contributed by atoms with E-state index in [1.54, 1.807) is 30.3 Å².